The van der Waals surface area contributed by atoms with Gasteiger partial charge in [-0.05, 0) is 26.8 Å². The second-order valence-corrected chi connectivity index (χ2v) is 2.68. The smallest absolute Gasteiger partial charge is 0.154 e. The molecule has 1 aromatic rings. The molecule has 0 radical (unpaired) electrons. The summed E-state index contributed by atoms with van der Waals surface area (Å²) in [6.07, 6.45) is 3.73. The first-order chi connectivity index (χ1) is 5.65. The SMILES string of the molecule is C/C=C/c1nc(C)c(C)c(N)n1. The number of aryl methyl sites for hydroxylation is 1. The summed E-state index contributed by atoms with van der Waals surface area (Å²) < 4.78 is 0. The van der Waals surface area contributed by atoms with Crippen LogP contribution in [-0.2, 0) is 0 Å². The summed E-state index contributed by atoms with van der Waals surface area (Å²) in [5, 5.41) is 0. The number of nitrogens with two attached hydrogens (primary N) is 1. The third kappa shape index (κ3) is 1.61. The summed E-state index contributed by atoms with van der Waals surface area (Å²) in [5.74, 6) is 1.24. The van der Waals surface area contributed by atoms with E-state index in [9.17, 15) is 0 Å². The first kappa shape index (κ1) is 8.71. The van der Waals surface area contributed by atoms with Gasteiger partial charge in [-0.2, -0.15) is 0 Å². The van der Waals surface area contributed by atoms with Crippen LogP contribution in [0.15, 0.2) is 6.08 Å². The third-order valence-electron chi connectivity index (χ3n) is 1.76. The predicted molar refractivity (Wildman–Crippen MR) is 50.6 cm³/mol. The Morgan fingerprint density at radius 3 is 2.42 bits per heavy atom. The highest BCUT2D eigenvalue weighted by molar-refractivity contribution is 5.47. The highest BCUT2D eigenvalue weighted by Crippen LogP contribution is 2.11. The van der Waals surface area contributed by atoms with Gasteiger partial charge in [0, 0.05) is 11.3 Å². The Morgan fingerprint density at radius 1 is 1.25 bits per heavy atom. The molecule has 0 aliphatic carbocycles. The van der Waals surface area contributed by atoms with Gasteiger partial charge in [-0.3, -0.25) is 0 Å². The first-order valence-corrected chi connectivity index (χ1v) is 3.88. The minimum Gasteiger partial charge on any atom is -0.383 e. The summed E-state index contributed by atoms with van der Waals surface area (Å²) in [4.78, 5) is 8.35. The summed E-state index contributed by atoms with van der Waals surface area (Å²) in [6.45, 7) is 5.78. The van der Waals surface area contributed by atoms with Crippen LogP contribution in [0, 0.1) is 13.8 Å². The fourth-order valence-corrected chi connectivity index (χ4v) is 0.897. The minimum atomic E-state index is 0.565. The van der Waals surface area contributed by atoms with E-state index in [1.54, 1.807) is 0 Å². The van der Waals surface area contributed by atoms with E-state index < -0.39 is 0 Å². The molecule has 0 aliphatic rings. The highest BCUT2D eigenvalue weighted by atomic mass is 14.9. The number of aromatic nitrogens is 2. The molecule has 0 atom stereocenters. The highest BCUT2D eigenvalue weighted by Gasteiger charge is 2.01. The van der Waals surface area contributed by atoms with Crippen molar-refractivity contribution in [1.29, 1.82) is 0 Å². The molecule has 12 heavy (non-hydrogen) atoms. The summed E-state index contributed by atoms with van der Waals surface area (Å²) in [5.41, 5.74) is 7.57. The fourth-order valence-electron chi connectivity index (χ4n) is 0.897. The van der Waals surface area contributed by atoms with Crippen LogP contribution in [0.4, 0.5) is 5.82 Å². The van der Waals surface area contributed by atoms with Gasteiger partial charge >= 0.3 is 0 Å². The molecule has 1 aromatic heterocycles. The lowest BCUT2D eigenvalue weighted by Gasteiger charge is -2.03. The molecule has 64 valence electrons. The number of nitrogen functional groups attached to an aromatic ring is 1. The van der Waals surface area contributed by atoms with Gasteiger partial charge < -0.3 is 5.73 Å². The monoisotopic (exact) mass is 163 g/mol. The van der Waals surface area contributed by atoms with Crippen LogP contribution in [-0.4, -0.2) is 9.97 Å². The Hall–Kier alpha value is -1.38. The maximum Gasteiger partial charge on any atom is 0.154 e. The van der Waals surface area contributed by atoms with Crippen LogP contribution in [0.25, 0.3) is 6.08 Å². The Kier molecular flexibility index (Phi) is 2.43. The van der Waals surface area contributed by atoms with Gasteiger partial charge in [0.05, 0.1) is 0 Å². The third-order valence-corrected chi connectivity index (χ3v) is 1.76. The van der Waals surface area contributed by atoms with E-state index in [4.69, 9.17) is 5.73 Å². The minimum absolute atomic E-state index is 0.565. The lowest BCUT2D eigenvalue weighted by Crippen LogP contribution is -2.01. The molecule has 1 heterocycles. The van der Waals surface area contributed by atoms with Crippen molar-refractivity contribution in [2.45, 2.75) is 20.8 Å². The molecule has 2 N–H and O–H groups in total. The van der Waals surface area contributed by atoms with Crippen molar-refractivity contribution >= 4 is 11.9 Å². The molecule has 0 spiro atoms. The molecule has 0 saturated carbocycles. The number of anilines is 1. The van der Waals surface area contributed by atoms with Gasteiger partial charge in [0.15, 0.2) is 5.82 Å². The molecule has 0 amide bonds. The van der Waals surface area contributed by atoms with Gasteiger partial charge in [0.1, 0.15) is 5.82 Å². The average Bonchev–Trinajstić information content (AvgIpc) is 2.01. The first-order valence-electron chi connectivity index (χ1n) is 3.88. The number of hydrogen-bond acceptors (Lipinski definition) is 3. The van der Waals surface area contributed by atoms with Crippen molar-refractivity contribution in [3.8, 4) is 0 Å². The molecule has 0 bridgehead atoms. The van der Waals surface area contributed by atoms with Crippen molar-refractivity contribution in [3.63, 3.8) is 0 Å². The van der Waals surface area contributed by atoms with Crippen molar-refractivity contribution < 1.29 is 0 Å². The van der Waals surface area contributed by atoms with Gasteiger partial charge in [-0.1, -0.05) is 6.08 Å². The van der Waals surface area contributed by atoms with Crippen LogP contribution < -0.4 is 5.73 Å². The number of nitrogens with zero attached hydrogens (tertiary/aromatic N) is 2. The second-order valence-electron chi connectivity index (χ2n) is 2.68. The quantitative estimate of drug-likeness (QED) is 0.685. The van der Waals surface area contributed by atoms with E-state index in [2.05, 4.69) is 9.97 Å². The van der Waals surface area contributed by atoms with E-state index >= 15 is 0 Å². The van der Waals surface area contributed by atoms with Crippen LogP contribution >= 0.6 is 0 Å². The molecule has 3 nitrogen and oxygen atoms in total. The fraction of sp³-hybridized carbons (Fsp3) is 0.333. The van der Waals surface area contributed by atoms with Crippen molar-refractivity contribution in [1.82, 2.24) is 9.97 Å². The topological polar surface area (TPSA) is 51.8 Å². The zero-order valence-corrected chi connectivity index (χ0v) is 7.63. The molecule has 0 aromatic carbocycles. The van der Waals surface area contributed by atoms with Gasteiger partial charge in [0.25, 0.3) is 0 Å². The maximum absolute atomic E-state index is 5.67. The zero-order chi connectivity index (χ0) is 9.14. The van der Waals surface area contributed by atoms with Crippen LogP contribution in [0.2, 0.25) is 0 Å². The lowest BCUT2D eigenvalue weighted by molar-refractivity contribution is 1.05. The number of rotatable bonds is 1. The summed E-state index contributed by atoms with van der Waals surface area (Å²) in [7, 11) is 0. The summed E-state index contributed by atoms with van der Waals surface area (Å²) in [6, 6.07) is 0. The largest absolute Gasteiger partial charge is 0.383 e. The van der Waals surface area contributed by atoms with Crippen molar-refractivity contribution in [2.75, 3.05) is 5.73 Å². The molecule has 0 fully saturated rings. The molecular weight excluding hydrogens is 150 g/mol. The number of allylic oxidation sites excluding steroid dienone is 1. The van der Waals surface area contributed by atoms with Gasteiger partial charge in [-0.15, -0.1) is 0 Å². The molecule has 1 rings (SSSR count). The van der Waals surface area contributed by atoms with Crippen molar-refractivity contribution in [3.05, 3.63) is 23.2 Å². The molecule has 0 unspecified atom stereocenters. The number of hydrogen-bond donors (Lipinski definition) is 1. The van der Waals surface area contributed by atoms with E-state index in [1.165, 1.54) is 0 Å². The normalized spacial score (nSPS) is 10.9. The lowest BCUT2D eigenvalue weighted by atomic mass is 10.2. The van der Waals surface area contributed by atoms with Crippen LogP contribution in [0.5, 0.6) is 0 Å². The molecular formula is C9H13N3. The van der Waals surface area contributed by atoms with E-state index in [0.717, 1.165) is 11.3 Å². The maximum atomic E-state index is 5.67. The van der Waals surface area contributed by atoms with Crippen LogP contribution in [0.3, 0.4) is 0 Å². The molecule has 0 aliphatic heterocycles. The van der Waals surface area contributed by atoms with Crippen LogP contribution in [0.1, 0.15) is 24.0 Å². The average molecular weight is 163 g/mol. The Labute approximate surface area is 72.3 Å². The standard InChI is InChI=1S/C9H13N3/c1-4-5-8-11-7(3)6(2)9(10)12-8/h4-5H,1-3H3,(H2,10,11,12)/b5-4+. The zero-order valence-electron chi connectivity index (χ0n) is 7.63. The van der Waals surface area contributed by atoms with E-state index in [1.807, 2.05) is 32.9 Å². The molecule has 0 saturated heterocycles. The van der Waals surface area contributed by atoms with Gasteiger partial charge in [-0.25, -0.2) is 9.97 Å². The predicted octanol–water partition coefficient (Wildman–Crippen LogP) is 1.71. The van der Waals surface area contributed by atoms with Gasteiger partial charge in [0.2, 0.25) is 0 Å². The molecule has 3 heteroatoms. The van der Waals surface area contributed by atoms with Crippen molar-refractivity contribution in [2.24, 2.45) is 0 Å². The van der Waals surface area contributed by atoms with E-state index in [0.29, 0.717) is 11.6 Å². The second kappa shape index (κ2) is 3.34. The Balaban J connectivity index is 3.21. The Bertz CT molecular complexity index is 293. The summed E-state index contributed by atoms with van der Waals surface area (Å²) >= 11 is 0. The Morgan fingerprint density at radius 2 is 1.92 bits per heavy atom. The van der Waals surface area contributed by atoms with E-state index in [-0.39, 0.29) is 0 Å².